The lowest BCUT2D eigenvalue weighted by atomic mass is 10.1. The molecule has 1 rings (SSSR count). The quantitative estimate of drug-likeness (QED) is 0.578. The van der Waals surface area contributed by atoms with Gasteiger partial charge in [-0.15, -0.1) is 0 Å². The lowest BCUT2D eigenvalue weighted by molar-refractivity contribution is -0.131. The van der Waals surface area contributed by atoms with Crippen molar-refractivity contribution >= 4 is 12.0 Å². The van der Waals surface area contributed by atoms with Gasteiger partial charge >= 0.3 is 5.97 Å². The van der Waals surface area contributed by atoms with Gasteiger partial charge < -0.3 is 14.6 Å². The lowest BCUT2D eigenvalue weighted by Crippen LogP contribution is -2.01. The minimum atomic E-state index is -0.986. The second-order valence-corrected chi connectivity index (χ2v) is 4.11. The summed E-state index contributed by atoms with van der Waals surface area (Å²) in [6.07, 6.45) is 5.81. The number of hydrogen-bond acceptors (Lipinski definition) is 3. The molecule has 0 bridgehead atoms. The fourth-order valence-electron chi connectivity index (χ4n) is 1.67. The van der Waals surface area contributed by atoms with Crippen LogP contribution >= 0.6 is 0 Å². The number of carboxylic acids is 1. The van der Waals surface area contributed by atoms with E-state index in [2.05, 4.69) is 6.92 Å². The molecule has 0 fully saturated rings. The van der Waals surface area contributed by atoms with Crippen molar-refractivity contribution in [1.82, 2.24) is 0 Å². The summed E-state index contributed by atoms with van der Waals surface area (Å²) in [6.45, 7) is 2.73. The summed E-state index contributed by atoms with van der Waals surface area (Å²) in [6, 6.07) is 5.41. The van der Waals surface area contributed by atoms with Crippen LogP contribution in [0.5, 0.6) is 11.5 Å². The third-order valence-electron chi connectivity index (χ3n) is 2.63. The van der Waals surface area contributed by atoms with Gasteiger partial charge in [0.05, 0.1) is 13.7 Å². The van der Waals surface area contributed by atoms with Gasteiger partial charge in [-0.05, 0) is 18.6 Å². The molecule has 4 heteroatoms. The maximum Gasteiger partial charge on any atom is 0.328 e. The SMILES string of the molecule is CCCCCOc1c(/C=C/C(=O)O)cccc1OC. The zero-order valence-electron chi connectivity index (χ0n) is 11.4. The molecule has 1 N–H and O–H groups in total. The topological polar surface area (TPSA) is 55.8 Å². The van der Waals surface area contributed by atoms with Gasteiger partial charge in [0.25, 0.3) is 0 Å². The zero-order valence-corrected chi connectivity index (χ0v) is 11.4. The van der Waals surface area contributed by atoms with Crippen LogP contribution in [0.15, 0.2) is 24.3 Å². The number of benzene rings is 1. The molecule has 1 aromatic rings. The van der Waals surface area contributed by atoms with E-state index >= 15 is 0 Å². The summed E-state index contributed by atoms with van der Waals surface area (Å²) < 4.78 is 11.0. The van der Waals surface area contributed by atoms with E-state index in [9.17, 15) is 4.79 Å². The number of carboxylic acid groups (broad SMARTS) is 1. The van der Waals surface area contributed by atoms with Crippen LogP contribution in [0.25, 0.3) is 6.08 Å². The first-order chi connectivity index (χ1) is 9.19. The molecule has 0 aliphatic heterocycles. The lowest BCUT2D eigenvalue weighted by Gasteiger charge is -2.13. The van der Waals surface area contributed by atoms with Crippen molar-refractivity contribution in [2.45, 2.75) is 26.2 Å². The van der Waals surface area contributed by atoms with Gasteiger partial charge in [-0.25, -0.2) is 4.79 Å². The highest BCUT2D eigenvalue weighted by Crippen LogP contribution is 2.32. The number of para-hydroxylation sites is 1. The summed E-state index contributed by atoms with van der Waals surface area (Å²) >= 11 is 0. The molecule has 0 saturated carbocycles. The molecular formula is C15H20O4. The molecule has 104 valence electrons. The largest absolute Gasteiger partial charge is 0.493 e. The molecule has 4 nitrogen and oxygen atoms in total. The predicted octanol–water partition coefficient (Wildman–Crippen LogP) is 3.36. The van der Waals surface area contributed by atoms with Crippen molar-refractivity contribution in [2.24, 2.45) is 0 Å². The maximum absolute atomic E-state index is 10.6. The summed E-state index contributed by atoms with van der Waals surface area (Å²) in [4.78, 5) is 10.6. The summed E-state index contributed by atoms with van der Waals surface area (Å²) in [7, 11) is 1.57. The molecule has 0 spiro atoms. The van der Waals surface area contributed by atoms with Gasteiger partial charge in [-0.3, -0.25) is 0 Å². The Morgan fingerprint density at radius 2 is 2.16 bits per heavy atom. The zero-order chi connectivity index (χ0) is 14.1. The highest BCUT2D eigenvalue weighted by atomic mass is 16.5. The molecule has 1 aromatic carbocycles. The fraction of sp³-hybridized carbons (Fsp3) is 0.400. The van der Waals surface area contributed by atoms with Crippen LogP contribution in [0, 0.1) is 0 Å². The first-order valence-corrected chi connectivity index (χ1v) is 6.39. The summed E-state index contributed by atoms with van der Waals surface area (Å²) in [5.41, 5.74) is 0.707. The standard InChI is InChI=1S/C15H20O4/c1-3-4-5-11-19-15-12(9-10-14(16)17)7-6-8-13(15)18-2/h6-10H,3-5,11H2,1-2H3,(H,16,17)/b10-9+. The third kappa shape index (κ3) is 5.04. The van der Waals surface area contributed by atoms with Crippen LogP contribution in [0.2, 0.25) is 0 Å². The minimum Gasteiger partial charge on any atom is -0.493 e. The number of aliphatic carboxylic acids is 1. The van der Waals surface area contributed by atoms with Crippen LogP contribution in [0.1, 0.15) is 31.7 Å². The van der Waals surface area contributed by atoms with Crippen molar-refractivity contribution < 1.29 is 19.4 Å². The van der Waals surface area contributed by atoms with Crippen molar-refractivity contribution in [3.63, 3.8) is 0 Å². The minimum absolute atomic E-state index is 0.596. The molecule has 0 radical (unpaired) electrons. The van der Waals surface area contributed by atoms with Crippen LogP contribution in [0.3, 0.4) is 0 Å². The fourth-order valence-corrected chi connectivity index (χ4v) is 1.67. The van der Waals surface area contributed by atoms with Crippen LogP contribution < -0.4 is 9.47 Å². The number of hydrogen-bond donors (Lipinski definition) is 1. The highest BCUT2D eigenvalue weighted by Gasteiger charge is 2.08. The third-order valence-corrected chi connectivity index (χ3v) is 2.63. The van der Waals surface area contributed by atoms with Gasteiger partial charge in [-0.2, -0.15) is 0 Å². The number of methoxy groups -OCH3 is 1. The molecule has 0 heterocycles. The van der Waals surface area contributed by atoms with Crippen molar-refractivity contribution in [3.05, 3.63) is 29.8 Å². The molecule has 0 saturated heterocycles. The Morgan fingerprint density at radius 1 is 1.37 bits per heavy atom. The van der Waals surface area contributed by atoms with Gasteiger partial charge in [0.15, 0.2) is 11.5 Å². The van der Waals surface area contributed by atoms with Crippen molar-refractivity contribution in [2.75, 3.05) is 13.7 Å². The molecular weight excluding hydrogens is 244 g/mol. The first kappa shape index (κ1) is 15.1. The van der Waals surface area contributed by atoms with E-state index in [-0.39, 0.29) is 0 Å². The van der Waals surface area contributed by atoms with Crippen LogP contribution in [-0.2, 0) is 4.79 Å². The highest BCUT2D eigenvalue weighted by molar-refractivity contribution is 5.86. The monoisotopic (exact) mass is 264 g/mol. The van der Waals surface area contributed by atoms with E-state index in [4.69, 9.17) is 14.6 Å². The van der Waals surface area contributed by atoms with Gasteiger partial charge in [0, 0.05) is 11.6 Å². The number of unbranched alkanes of at least 4 members (excludes halogenated alkanes) is 2. The Morgan fingerprint density at radius 3 is 2.79 bits per heavy atom. The van der Waals surface area contributed by atoms with Gasteiger partial charge in [0.1, 0.15) is 0 Å². The summed E-state index contributed by atoms with van der Waals surface area (Å²) in [5, 5.41) is 8.68. The molecule has 0 aliphatic rings. The Balaban J connectivity index is 2.86. The Labute approximate surface area is 113 Å². The smallest absolute Gasteiger partial charge is 0.328 e. The maximum atomic E-state index is 10.6. The van der Waals surface area contributed by atoms with E-state index in [1.54, 1.807) is 25.3 Å². The molecule has 0 unspecified atom stereocenters. The van der Waals surface area contributed by atoms with Crippen molar-refractivity contribution in [1.29, 1.82) is 0 Å². The molecule has 0 amide bonds. The number of ether oxygens (including phenoxy) is 2. The van der Waals surface area contributed by atoms with Gasteiger partial charge in [0.2, 0.25) is 0 Å². The Bertz CT molecular complexity index is 438. The second kappa shape index (κ2) is 8.19. The van der Waals surface area contributed by atoms with E-state index in [0.717, 1.165) is 25.3 Å². The van der Waals surface area contributed by atoms with E-state index < -0.39 is 5.97 Å². The Hall–Kier alpha value is -1.97. The number of carbonyl (C=O) groups is 1. The van der Waals surface area contributed by atoms with E-state index in [1.165, 1.54) is 6.08 Å². The van der Waals surface area contributed by atoms with Crippen LogP contribution in [0.4, 0.5) is 0 Å². The average molecular weight is 264 g/mol. The second-order valence-electron chi connectivity index (χ2n) is 4.11. The first-order valence-electron chi connectivity index (χ1n) is 6.39. The normalized spacial score (nSPS) is 10.6. The van der Waals surface area contributed by atoms with E-state index in [0.29, 0.717) is 23.7 Å². The van der Waals surface area contributed by atoms with E-state index in [1.807, 2.05) is 0 Å². The Kier molecular flexibility index (Phi) is 6.50. The molecule has 0 atom stereocenters. The van der Waals surface area contributed by atoms with Crippen molar-refractivity contribution in [3.8, 4) is 11.5 Å². The molecule has 19 heavy (non-hydrogen) atoms. The van der Waals surface area contributed by atoms with Gasteiger partial charge in [-0.1, -0.05) is 31.9 Å². The number of rotatable bonds is 8. The predicted molar refractivity (Wildman–Crippen MR) is 74.7 cm³/mol. The molecule has 0 aliphatic carbocycles. The van der Waals surface area contributed by atoms with Crippen LogP contribution in [-0.4, -0.2) is 24.8 Å². The summed E-state index contributed by atoms with van der Waals surface area (Å²) in [5.74, 6) is 0.224. The molecule has 0 aromatic heterocycles. The average Bonchev–Trinajstić information content (AvgIpc) is 2.41.